The van der Waals surface area contributed by atoms with Gasteiger partial charge in [-0.25, -0.2) is 0 Å². The lowest BCUT2D eigenvalue weighted by atomic mass is 10.3. The zero-order valence-electron chi connectivity index (χ0n) is 15.6. The Labute approximate surface area is 154 Å². The number of unbranched alkanes of at least 4 members (excludes halogenated alkanes) is 1. The summed E-state index contributed by atoms with van der Waals surface area (Å²) in [4.78, 5) is 12.8. The highest BCUT2D eigenvalue weighted by Gasteiger charge is 2.09. The lowest BCUT2D eigenvalue weighted by molar-refractivity contribution is 0.129. The zero-order valence-corrected chi connectivity index (χ0v) is 15.6. The van der Waals surface area contributed by atoms with Gasteiger partial charge in [-0.15, -0.1) is 0 Å². The van der Waals surface area contributed by atoms with Gasteiger partial charge in [0.2, 0.25) is 0 Å². The first kappa shape index (κ1) is 19.8. The topological polar surface area (TPSA) is 97.5 Å². The maximum absolute atomic E-state index is 5.53. The van der Waals surface area contributed by atoms with Crippen molar-refractivity contribution in [3.8, 4) is 11.6 Å². The van der Waals surface area contributed by atoms with E-state index in [0.29, 0.717) is 30.4 Å². The highest BCUT2D eigenvalue weighted by molar-refractivity contribution is 5.79. The summed E-state index contributed by atoms with van der Waals surface area (Å²) in [5.41, 5.74) is 0.679. The molecular formula is C18H28N6O2. The second-order valence-electron chi connectivity index (χ2n) is 5.73. The van der Waals surface area contributed by atoms with E-state index in [-0.39, 0.29) is 0 Å². The normalized spacial score (nSPS) is 11.5. The molecule has 0 aliphatic rings. The quantitative estimate of drug-likeness (QED) is 0.359. The van der Waals surface area contributed by atoms with E-state index in [0.717, 1.165) is 38.6 Å². The number of guanidine groups is 1. The number of hydrogen-bond donors (Lipinski definition) is 2. The highest BCUT2D eigenvalue weighted by Crippen LogP contribution is 2.12. The van der Waals surface area contributed by atoms with E-state index in [1.807, 2.05) is 18.2 Å². The van der Waals surface area contributed by atoms with Crippen LogP contribution in [0.15, 0.2) is 33.9 Å². The average molecular weight is 360 g/mol. The van der Waals surface area contributed by atoms with Crippen LogP contribution in [-0.4, -0.2) is 54.4 Å². The predicted molar refractivity (Wildman–Crippen MR) is 101 cm³/mol. The van der Waals surface area contributed by atoms with Crippen molar-refractivity contribution in [1.29, 1.82) is 0 Å². The van der Waals surface area contributed by atoms with E-state index in [1.54, 1.807) is 13.2 Å². The maximum atomic E-state index is 5.53. The molecule has 2 heterocycles. The summed E-state index contributed by atoms with van der Waals surface area (Å²) in [6, 6.07) is 5.58. The van der Waals surface area contributed by atoms with E-state index in [4.69, 9.17) is 9.26 Å². The van der Waals surface area contributed by atoms with Crippen LogP contribution in [0.2, 0.25) is 0 Å². The van der Waals surface area contributed by atoms with Crippen LogP contribution in [0.3, 0.4) is 0 Å². The molecule has 0 radical (unpaired) electrons. The molecule has 8 nitrogen and oxygen atoms in total. The van der Waals surface area contributed by atoms with Gasteiger partial charge in [-0.2, -0.15) is 4.98 Å². The number of nitrogens with one attached hydrogen (secondary N) is 2. The van der Waals surface area contributed by atoms with Gasteiger partial charge >= 0.3 is 0 Å². The molecule has 0 saturated carbocycles. The molecule has 0 amide bonds. The number of hydrogen-bond acceptors (Lipinski definition) is 6. The Balaban J connectivity index is 1.63. The van der Waals surface area contributed by atoms with Gasteiger partial charge in [0, 0.05) is 46.0 Å². The van der Waals surface area contributed by atoms with Crippen LogP contribution >= 0.6 is 0 Å². The van der Waals surface area contributed by atoms with Gasteiger partial charge in [-0.05, 0) is 25.0 Å². The first-order valence-corrected chi connectivity index (χ1v) is 9.09. The molecule has 0 fully saturated rings. The third kappa shape index (κ3) is 7.18. The fourth-order valence-corrected chi connectivity index (χ4v) is 2.19. The van der Waals surface area contributed by atoms with Crippen LogP contribution in [0.1, 0.15) is 32.0 Å². The Morgan fingerprint density at radius 3 is 2.81 bits per heavy atom. The summed E-state index contributed by atoms with van der Waals surface area (Å²) < 4.78 is 10.8. The van der Waals surface area contributed by atoms with E-state index in [2.05, 4.69) is 37.7 Å². The fraction of sp³-hybridized carbons (Fsp3) is 0.556. The summed E-state index contributed by atoms with van der Waals surface area (Å²) in [7, 11) is 1.75. The zero-order chi connectivity index (χ0) is 18.5. The fourth-order valence-electron chi connectivity index (χ4n) is 2.19. The van der Waals surface area contributed by atoms with Gasteiger partial charge in [-0.3, -0.25) is 9.98 Å². The van der Waals surface area contributed by atoms with Gasteiger partial charge in [0.1, 0.15) is 5.69 Å². The Morgan fingerprint density at radius 1 is 1.19 bits per heavy atom. The second kappa shape index (κ2) is 12.0. The van der Waals surface area contributed by atoms with Crippen LogP contribution in [0, 0.1) is 0 Å². The molecule has 0 aromatic carbocycles. The van der Waals surface area contributed by atoms with E-state index < -0.39 is 0 Å². The second-order valence-corrected chi connectivity index (χ2v) is 5.73. The summed E-state index contributed by atoms with van der Waals surface area (Å²) in [5.74, 6) is 1.83. The molecule has 2 N–H and O–H groups in total. The first-order chi connectivity index (χ1) is 12.8. The monoisotopic (exact) mass is 360 g/mol. The van der Waals surface area contributed by atoms with Crippen molar-refractivity contribution in [2.24, 2.45) is 4.99 Å². The molecule has 0 atom stereocenters. The van der Waals surface area contributed by atoms with Crippen LogP contribution in [-0.2, 0) is 11.2 Å². The number of ether oxygens (including phenoxy) is 1. The first-order valence-electron chi connectivity index (χ1n) is 9.09. The van der Waals surface area contributed by atoms with Crippen molar-refractivity contribution in [2.75, 3.05) is 33.4 Å². The minimum atomic E-state index is 0.436. The summed E-state index contributed by atoms with van der Waals surface area (Å²) in [6.07, 6.45) is 5.57. The van der Waals surface area contributed by atoms with Gasteiger partial charge in [-0.1, -0.05) is 24.6 Å². The SMILES string of the molecule is CCCCOCCCNC(=NC)NCCc1noc(-c2ccccn2)n1. The average Bonchev–Trinajstić information content (AvgIpc) is 3.15. The highest BCUT2D eigenvalue weighted by atomic mass is 16.5. The third-order valence-electron chi connectivity index (χ3n) is 3.62. The molecule has 26 heavy (non-hydrogen) atoms. The van der Waals surface area contributed by atoms with Gasteiger partial charge in [0.25, 0.3) is 5.89 Å². The molecular weight excluding hydrogens is 332 g/mol. The number of nitrogens with zero attached hydrogens (tertiary/aromatic N) is 4. The smallest absolute Gasteiger partial charge is 0.276 e. The predicted octanol–water partition coefficient (Wildman–Crippen LogP) is 2.05. The Bertz CT molecular complexity index is 644. The van der Waals surface area contributed by atoms with Crippen molar-refractivity contribution in [1.82, 2.24) is 25.8 Å². The maximum Gasteiger partial charge on any atom is 0.276 e. The van der Waals surface area contributed by atoms with Crippen molar-refractivity contribution in [2.45, 2.75) is 32.6 Å². The lowest BCUT2D eigenvalue weighted by Crippen LogP contribution is -2.39. The molecule has 142 valence electrons. The van der Waals surface area contributed by atoms with Crippen LogP contribution in [0.4, 0.5) is 0 Å². The number of rotatable bonds is 11. The van der Waals surface area contributed by atoms with Crippen LogP contribution in [0.25, 0.3) is 11.6 Å². The van der Waals surface area contributed by atoms with Gasteiger partial charge in [0.15, 0.2) is 11.8 Å². The van der Waals surface area contributed by atoms with E-state index >= 15 is 0 Å². The minimum absolute atomic E-state index is 0.436. The van der Waals surface area contributed by atoms with Crippen LogP contribution < -0.4 is 10.6 Å². The molecule has 8 heteroatoms. The van der Waals surface area contributed by atoms with Crippen molar-refractivity contribution in [3.63, 3.8) is 0 Å². The van der Waals surface area contributed by atoms with Gasteiger partial charge in [0.05, 0.1) is 0 Å². The molecule has 0 spiro atoms. The van der Waals surface area contributed by atoms with Crippen LogP contribution in [0.5, 0.6) is 0 Å². The number of aliphatic imine (C=N–C) groups is 1. The van der Waals surface area contributed by atoms with E-state index in [1.165, 1.54) is 6.42 Å². The lowest BCUT2D eigenvalue weighted by Gasteiger charge is -2.11. The Kier molecular flexibility index (Phi) is 9.13. The molecule has 0 bridgehead atoms. The summed E-state index contributed by atoms with van der Waals surface area (Å²) >= 11 is 0. The number of pyridine rings is 1. The largest absolute Gasteiger partial charge is 0.381 e. The van der Waals surface area contributed by atoms with E-state index in [9.17, 15) is 0 Å². The standard InChI is InChI=1S/C18H28N6O2/c1-3-4-13-25-14-7-11-21-18(19-2)22-12-9-16-23-17(26-24-16)15-8-5-6-10-20-15/h5-6,8,10H,3-4,7,9,11-14H2,1-2H3,(H2,19,21,22). The van der Waals surface area contributed by atoms with Gasteiger partial charge < -0.3 is 19.9 Å². The minimum Gasteiger partial charge on any atom is -0.381 e. The Hall–Kier alpha value is -2.48. The molecule has 2 aromatic heterocycles. The molecule has 2 aromatic rings. The van der Waals surface area contributed by atoms with Crippen molar-refractivity contribution in [3.05, 3.63) is 30.2 Å². The molecule has 0 aliphatic heterocycles. The molecule has 0 saturated heterocycles. The molecule has 2 rings (SSSR count). The van der Waals surface area contributed by atoms with Crippen molar-refractivity contribution < 1.29 is 9.26 Å². The number of aromatic nitrogens is 3. The molecule has 0 unspecified atom stereocenters. The summed E-state index contributed by atoms with van der Waals surface area (Å²) in [6.45, 7) is 5.25. The Morgan fingerprint density at radius 2 is 2.04 bits per heavy atom. The molecule has 0 aliphatic carbocycles. The van der Waals surface area contributed by atoms with Crippen molar-refractivity contribution >= 4 is 5.96 Å². The summed E-state index contributed by atoms with van der Waals surface area (Å²) in [5, 5.41) is 10.5. The third-order valence-corrected chi connectivity index (χ3v) is 3.62.